The van der Waals surface area contributed by atoms with Gasteiger partial charge in [-0.25, -0.2) is 0 Å². The van der Waals surface area contributed by atoms with Gasteiger partial charge in [-0.1, -0.05) is 39.0 Å². The van der Waals surface area contributed by atoms with Crippen molar-refractivity contribution in [1.29, 1.82) is 0 Å². The van der Waals surface area contributed by atoms with Gasteiger partial charge in [-0.05, 0) is 37.3 Å². The fourth-order valence-electron chi connectivity index (χ4n) is 2.65. The molecule has 0 saturated heterocycles. The molecule has 0 radical (unpaired) electrons. The molecule has 1 aliphatic carbocycles. The van der Waals surface area contributed by atoms with E-state index in [1.54, 1.807) is 6.08 Å². The third-order valence-electron chi connectivity index (χ3n) is 3.98. The Morgan fingerprint density at radius 1 is 1.18 bits per heavy atom. The number of esters is 1. The van der Waals surface area contributed by atoms with Gasteiger partial charge in [-0.3, -0.25) is 9.59 Å². The van der Waals surface area contributed by atoms with Crippen molar-refractivity contribution in [3.8, 4) is 0 Å². The summed E-state index contributed by atoms with van der Waals surface area (Å²) in [6.45, 7) is 2.71. The molecule has 22 heavy (non-hydrogen) atoms. The van der Waals surface area contributed by atoms with Crippen molar-refractivity contribution >= 4 is 11.8 Å². The number of rotatable bonds is 12. The number of aliphatic hydroxyl groups is 1. The Bertz CT molecular complexity index is 373. The first-order valence-corrected chi connectivity index (χ1v) is 8.71. The van der Waals surface area contributed by atoms with Gasteiger partial charge in [-0.2, -0.15) is 0 Å². The van der Waals surface area contributed by atoms with Crippen molar-refractivity contribution < 1.29 is 19.4 Å². The van der Waals surface area contributed by atoms with Gasteiger partial charge in [0.25, 0.3) is 0 Å². The molecule has 0 aliphatic heterocycles. The van der Waals surface area contributed by atoms with Crippen LogP contribution >= 0.6 is 0 Å². The maximum absolute atomic E-state index is 11.5. The van der Waals surface area contributed by atoms with E-state index < -0.39 is 6.10 Å². The zero-order valence-electron chi connectivity index (χ0n) is 13.8. The molecule has 0 aromatic rings. The number of ether oxygens (including phenoxy) is 1. The standard InChI is InChI=1S/C18H30O4/c1-2-3-4-9-12-22-18(21)11-8-6-5-7-10-15-13-16(19)14-17(15)20/h13,16,19H,2-12,14H2,1H3. The molecule has 0 amide bonds. The lowest BCUT2D eigenvalue weighted by atomic mass is 10.0. The van der Waals surface area contributed by atoms with Crippen LogP contribution in [0.2, 0.25) is 0 Å². The molecule has 0 spiro atoms. The third kappa shape index (κ3) is 8.32. The monoisotopic (exact) mass is 310 g/mol. The predicted octanol–water partition coefficient (Wildman–Crippen LogP) is 3.71. The van der Waals surface area contributed by atoms with Gasteiger partial charge < -0.3 is 9.84 Å². The number of carbonyl (C=O) groups excluding carboxylic acids is 2. The molecular formula is C18H30O4. The minimum atomic E-state index is -0.574. The predicted molar refractivity (Wildman–Crippen MR) is 86.5 cm³/mol. The summed E-state index contributed by atoms with van der Waals surface area (Å²) in [5.74, 6) is -0.00699. The number of hydrogen-bond acceptors (Lipinski definition) is 4. The van der Waals surface area contributed by atoms with Crippen molar-refractivity contribution in [3.63, 3.8) is 0 Å². The Hall–Kier alpha value is -1.16. The van der Waals surface area contributed by atoms with Crippen LogP contribution in [0, 0.1) is 0 Å². The second-order valence-corrected chi connectivity index (χ2v) is 6.08. The number of unbranched alkanes of at least 4 members (excludes halogenated alkanes) is 6. The topological polar surface area (TPSA) is 63.6 Å². The van der Waals surface area contributed by atoms with Crippen LogP contribution in [0.15, 0.2) is 11.6 Å². The van der Waals surface area contributed by atoms with Crippen LogP contribution < -0.4 is 0 Å². The van der Waals surface area contributed by atoms with Crippen LogP contribution in [-0.2, 0) is 14.3 Å². The lowest BCUT2D eigenvalue weighted by Crippen LogP contribution is -2.05. The maximum Gasteiger partial charge on any atom is 0.305 e. The summed E-state index contributed by atoms with van der Waals surface area (Å²) in [6.07, 6.45) is 10.9. The summed E-state index contributed by atoms with van der Waals surface area (Å²) in [5.41, 5.74) is 0.777. The van der Waals surface area contributed by atoms with Crippen molar-refractivity contribution in [1.82, 2.24) is 0 Å². The zero-order valence-corrected chi connectivity index (χ0v) is 13.8. The highest BCUT2D eigenvalue weighted by Crippen LogP contribution is 2.20. The Morgan fingerprint density at radius 2 is 1.91 bits per heavy atom. The maximum atomic E-state index is 11.5. The largest absolute Gasteiger partial charge is 0.466 e. The van der Waals surface area contributed by atoms with Crippen LogP contribution in [-0.4, -0.2) is 29.6 Å². The van der Waals surface area contributed by atoms with E-state index in [1.807, 2.05) is 0 Å². The lowest BCUT2D eigenvalue weighted by Gasteiger charge is -2.05. The Labute approximate surface area is 133 Å². The molecule has 4 nitrogen and oxygen atoms in total. The molecule has 0 heterocycles. The molecule has 1 atom stereocenters. The van der Waals surface area contributed by atoms with E-state index in [-0.39, 0.29) is 18.2 Å². The fraction of sp³-hybridized carbons (Fsp3) is 0.778. The van der Waals surface area contributed by atoms with Crippen LogP contribution in [0.5, 0.6) is 0 Å². The first-order chi connectivity index (χ1) is 10.6. The Morgan fingerprint density at radius 3 is 2.59 bits per heavy atom. The fourth-order valence-corrected chi connectivity index (χ4v) is 2.65. The van der Waals surface area contributed by atoms with E-state index in [1.165, 1.54) is 12.8 Å². The SMILES string of the molecule is CCCCCCOC(=O)CCCCCCC1=CC(O)CC1=O. The van der Waals surface area contributed by atoms with Crippen molar-refractivity contribution in [2.75, 3.05) is 6.61 Å². The number of hydrogen-bond donors (Lipinski definition) is 1. The smallest absolute Gasteiger partial charge is 0.305 e. The van der Waals surface area contributed by atoms with E-state index in [0.29, 0.717) is 13.0 Å². The van der Waals surface area contributed by atoms with E-state index in [9.17, 15) is 14.7 Å². The lowest BCUT2D eigenvalue weighted by molar-refractivity contribution is -0.143. The number of aliphatic hydroxyl groups excluding tert-OH is 1. The molecule has 1 unspecified atom stereocenters. The number of carbonyl (C=O) groups is 2. The minimum absolute atomic E-state index is 0.0825. The van der Waals surface area contributed by atoms with Crippen LogP contribution in [0.25, 0.3) is 0 Å². The Kier molecular flexibility index (Phi) is 9.80. The first-order valence-electron chi connectivity index (χ1n) is 8.71. The van der Waals surface area contributed by atoms with Gasteiger partial charge in [0.15, 0.2) is 5.78 Å². The van der Waals surface area contributed by atoms with Crippen molar-refractivity contribution in [3.05, 3.63) is 11.6 Å². The average Bonchev–Trinajstić information content (AvgIpc) is 2.80. The Balaban J connectivity index is 1.91. The molecule has 0 aromatic heterocycles. The second kappa shape index (κ2) is 11.4. The van der Waals surface area contributed by atoms with Crippen molar-refractivity contribution in [2.45, 2.75) is 83.7 Å². The highest BCUT2D eigenvalue weighted by Gasteiger charge is 2.21. The second-order valence-electron chi connectivity index (χ2n) is 6.08. The molecule has 4 heteroatoms. The summed E-state index contributed by atoms with van der Waals surface area (Å²) in [7, 11) is 0. The van der Waals surface area contributed by atoms with Gasteiger partial charge >= 0.3 is 5.97 Å². The number of Topliss-reactive ketones (excluding diaryl/α,β-unsaturated/α-hetero) is 1. The normalized spacial score (nSPS) is 17.6. The first kappa shape index (κ1) is 18.9. The summed E-state index contributed by atoms with van der Waals surface area (Å²) in [6, 6.07) is 0. The van der Waals surface area contributed by atoms with E-state index in [0.717, 1.165) is 50.5 Å². The molecule has 1 rings (SSSR count). The van der Waals surface area contributed by atoms with E-state index in [4.69, 9.17) is 4.74 Å². The highest BCUT2D eigenvalue weighted by molar-refractivity contribution is 5.98. The summed E-state index contributed by atoms with van der Waals surface area (Å²) in [4.78, 5) is 23.0. The van der Waals surface area contributed by atoms with E-state index >= 15 is 0 Å². The van der Waals surface area contributed by atoms with Gasteiger partial charge in [0, 0.05) is 12.8 Å². The van der Waals surface area contributed by atoms with Crippen LogP contribution in [0.3, 0.4) is 0 Å². The van der Waals surface area contributed by atoms with Gasteiger partial charge in [0.05, 0.1) is 12.7 Å². The third-order valence-corrected chi connectivity index (χ3v) is 3.98. The number of allylic oxidation sites excluding steroid dienone is 1. The molecule has 0 saturated carbocycles. The molecular weight excluding hydrogens is 280 g/mol. The van der Waals surface area contributed by atoms with Gasteiger partial charge in [0.1, 0.15) is 0 Å². The number of ketones is 1. The quantitative estimate of drug-likeness (QED) is 0.441. The highest BCUT2D eigenvalue weighted by atomic mass is 16.5. The molecule has 0 bridgehead atoms. The van der Waals surface area contributed by atoms with Crippen LogP contribution in [0.4, 0.5) is 0 Å². The van der Waals surface area contributed by atoms with Gasteiger partial charge in [0.2, 0.25) is 0 Å². The minimum Gasteiger partial charge on any atom is -0.466 e. The summed E-state index contributed by atoms with van der Waals surface area (Å²) >= 11 is 0. The zero-order chi connectivity index (χ0) is 16.2. The average molecular weight is 310 g/mol. The molecule has 1 aliphatic rings. The van der Waals surface area contributed by atoms with Gasteiger partial charge in [-0.15, -0.1) is 0 Å². The molecule has 1 N–H and O–H groups in total. The molecule has 0 fully saturated rings. The molecule has 126 valence electrons. The molecule has 0 aromatic carbocycles. The summed E-state index contributed by atoms with van der Waals surface area (Å²) < 4.78 is 5.18. The summed E-state index contributed by atoms with van der Waals surface area (Å²) in [5, 5.41) is 9.34. The van der Waals surface area contributed by atoms with Crippen molar-refractivity contribution in [2.24, 2.45) is 0 Å². The van der Waals surface area contributed by atoms with E-state index in [2.05, 4.69) is 6.92 Å². The van der Waals surface area contributed by atoms with Crippen LogP contribution in [0.1, 0.15) is 77.6 Å².